The number of nitrogens with zero attached hydrogens (tertiary/aromatic N) is 2. The summed E-state index contributed by atoms with van der Waals surface area (Å²) in [6, 6.07) is 10.5. The lowest BCUT2D eigenvalue weighted by atomic mass is 10.2. The smallest absolute Gasteiger partial charge is 0.271 e. The molecule has 1 aromatic carbocycles. The van der Waals surface area contributed by atoms with Gasteiger partial charge in [0.25, 0.3) is 5.91 Å². The first kappa shape index (κ1) is 12.8. The molecule has 0 unspecified atom stereocenters. The van der Waals surface area contributed by atoms with Crippen LogP contribution in [0, 0.1) is 0 Å². The predicted molar refractivity (Wildman–Crippen MR) is 72.3 cm³/mol. The van der Waals surface area contributed by atoms with Crippen LogP contribution in [0.4, 0.5) is 0 Å². The molecule has 2 rings (SSSR count). The summed E-state index contributed by atoms with van der Waals surface area (Å²) in [5.41, 5.74) is 3.81. The highest BCUT2D eigenvalue weighted by atomic mass is 16.5. The Balaban J connectivity index is 1.99. The van der Waals surface area contributed by atoms with Gasteiger partial charge >= 0.3 is 0 Å². The van der Waals surface area contributed by atoms with Crippen LogP contribution in [0.2, 0.25) is 0 Å². The molecule has 2 aromatic rings. The molecule has 0 bridgehead atoms. The number of rotatable bonds is 4. The summed E-state index contributed by atoms with van der Waals surface area (Å²) >= 11 is 0. The maximum absolute atomic E-state index is 11.8. The van der Waals surface area contributed by atoms with E-state index in [2.05, 4.69) is 15.5 Å². The minimum atomic E-state index is -0.288. The van der Waals surface area contributed by atoms with Gasteiger partial charge < -0.3 is 4.74 Å². The average Bonchev–Trinajstić information content (AvgIpc) is 2.48. The largest absolute Gasteiger partial charge is 0.497 e. The van der Waals surface area contributed by atoms with Crippen LogP contribution in [0.1, 0.15) is 15.9 Å². The van der Waals surface area contributed by atoms with Gasteiger partial charge in [0.1, 0.15) is 5.75 Å². The van der Waals surface area contributed by atoms with Gasteiger partial charge in [0.2, 0.25) is 0 Å². The molecule has 0 spiro atoms. The van der Waals surface area contributed by atoms with Gasteiger partial charge in [0.05, 0.1) is 13.3 Å². The van der Waals surface area contributed by atoms with Gasteiger partial charge in [-0.3, -0.25) is 9.78 Å². The zero-order valence-corrected chi connectivity index (χ0v) is 10.4. The highest BCUT2D eigenvalue weighted by Crippen LogP contribution is 2.12. The molecule has 5 nitrogen and oxygen atoms in total. The zero-order valence-electron chi connectivity index (χ0n) is 10.4. The average molecular weight is 255 g/mol. The Kier molecular flexibility index (Phi) is 4.23. The third-order valence-corrected chi connectivity index (χ3v) is 2.42. The minimum Gasteiger partial charge on any atom is -0.497 e. The predicted octanol–water partition coefficient (Wildman–Crippen LogP) is 1.85. The highest BCUT2D eigenvalue weighted by Gasteiger charge is 2.04. The number of methoxy groups -OCH3 is 1. The monoisotopic (exact) mass is 255 g/mol. The van der Waals surface area contributed by atoms with Crippen molar-refractivity contribution in [2.24, 2.45) is 5.10 Å². The summed E-state index contributed by atoms with van der Waals surface area (Å²) in [5, 5.41) is 3.88. The van der Waals surface area contributed by atoms with E-state index in [9.17, 15) is 4.79 Å². The van der Waals surface area contributed by atoms with E-state index in [0.29, 0.717) is 11.3 Å². The minimum absolute atomic E-state index is 0.288. The topological polar surface area (TPSA) is 63.6 Å². The Labute approximate surface area is 110 Å². The van der Waals surface area contributed by atoms with Crippen molar-refractivity contribution in [3.05, 3.63) is 59.9 Å². The van der Waals surface area contributed by atoms with Crippen molar-refractivity contribution in [1.29, 1.82) is 0 Å². The normalized spacial score (nSPS) is 10.4. The number of nitrogens with one attached hydrogen (secondary N) is 1. The molecule has 0 atom stereocenters. The van der Waals surface area contributed by atoms with Gasteiger partial charge in [-0.05, 0) is 35.9 Å². The van der Waals surface area contributed by atoms with Crippen LogP contribution < -0.4 is 10.2 Å². The summed E-state index contributed by atoms with van der Waals surface area (Å²) in [6.45, 7) is 0. The first-order valence-electron chi connectivity index (χ1n) is 5.67. The standard InChI is InChI=1S/C14H13N3O2/c1-19-13-4-2-3-12(9-13)14(18)17-16-10-11-5-7-15-8-6-11/h2-10H,1H3,(H,17,18). The maximum atomic E-state index is 11.8. The number of hydrazone groups is 1. The van der Waals surface area contributed by atoms with Gasteiger partial charge in [-0.15, -0.1) is 0 Å². The molecule has 1 heterocycles. The lowest BCUT2D eigenvalue weighted by Crippen LogP contribution is -2.17. The number of aromatic nitrogens is 1. The van der Waals surface area contributed by atoms with Crippen molar-refractivity contribution >= 4 is 12.1 Å². The first-order chi connectivity index (χ1) is 9.29. The lowest BCUT2D eigenvalue weighted by Gasteiger charge is -2.02. The number of carbonyl (C=O) groups is 1. The molecular formula is C14H13N3O2. The molecule has 19 heavy (non-hydrogen) atoms. The summed E-state index contributed by atoms with van der Waals surface area (Å²) in [4.78, 5) is 15.7. The van der Waals surface area contributed by atoms with Gasteiger partial charge in [-0.2, -0.15) is 5.10 Å². The number of hydrogen-bond donors (Lipinski definition) is 1. The van der Waals surface area contributed by atoms with Gasteiger partial charge in [-0.1, -0.05) is 6.07 Å². The first-order valence-corrected chi connectivity index (χ1v) is 5.67. The molecule has 1 aromatic heterocycles. The van der Waals surface area contributed by atoms with E-state index >= 15 is 0 Å². The molecule has 0 aliphatic rings. The van der Waals surface area contributed by atoms with Crippen molar-refractivity contribution in [1.82, 2.24) is 10.4 Å². The molecule has 96 valence electrons. The van der Waals surface area contributed by atoms with E-state index in [1.54, 1.807) is 62.1 Å². The second kappa shape index (κ2) is 6.30. The van der Waals surface area contributed by atoms with Crippen LogP contribution in [-0.4, -0.2) is 24.2 Å². The Bertz CT molecular complexity index is 582. The molecule has 0 saturated carbocycles. The van der Waals surface area contributed by atoms with Crippen molar-refractivity contribution < 1.29 is 9.53 Å². The number of pyridine rings is 1. The Morgan fingerprint density at radius 1 is 1.32 bits per heavy atom. The number of ether oxygens (including phenoxy) is 1. The molecule has 5 heteroatoms. The van der Waals surface area contributed by atoms with Gasteiger partial charge in [-0.25, -0.2) is 5.43 Å². The Morgan fingerprint density at radius 3 is 2.84 bits per heavy atom. The van der Waals surface area contributed by atoms with Crippen molar-refractivity contribution in [2.75, 3.05) is 7.11 Å². The molecule has 1 N–H and O–H groups in total. The second-order valence-electron chi connectivity index (χ2n) is 3.71. The van der Waals surface area contributed by atoms with E-state index in [1.165, 1.54) is 0 Å². The Hall–Kier alpha value is -2.69. The van der Waals surface area contributed by atoms with Crippen LogP contribution >= 0.6 is 0 Å². The molecule has 0 saturated heterocycles. The number of amides is 1. The van der Waals surface area contributed by atoms with Gasteiger partial charge in [0, 0.05) is 18.0 Å². The maximum Gasteiger partial charge on any atom is 0.271 e. The summed E-state index contributed by atoms with van der Waals surface area (Å²) in [5.74, 6) is 0.343. The molecule has 1 amide bonds. The van der Waals surface area contributed by atoms with E-state index in [4.69, 9.17) is 4.74 Å². The van der Waals surface area contributed by atoms with E-state index in [1.807, 2.05) is 0 Å². The van der Waals surface area contributed by atoms with Crippen LogP contribution in [0.5, 0.6) is 5.75 Å². The SMILES string of the molecule is COc1cccc(C(=O)NN=Cc2ccncc2)c1. The Morgan fingerprint density at radius 2 is 2.11 bits per heavy atom. The zero-order chi connectivity index (χ0) is 13.5. The molecular weight excluding hydrogens is 242 g/mol. The van der Waals surface area contributed by atoms with Crippen LogP contribution in [0.15, 0.2) is 53.9 Å². The fraction of sp³-hybridized carbons (Fsp3) is 0.0714. The lowest BCUT2D eigenvalue weighted by molar-refractivity contribution is 0.0955. The number of carbonyl (C=O) groups excluding carboxylic acids is 1. The van der Waals surface area contributed by atoms with E-state index in [-0.39, 0.29) is 5.91 Å². The quantitative estimate of drug-likeness (QED) is 0.670. The fourth-order valence-electron chi connectivity index (χ4n) is 1.44. The third kappa shape index (κ3) is 3.64. The van der Waals surface area contributed by atoms with Crippen LogP contribution in [0.25, 0.3) is 0 Å². The summed E-state index contributed by atoms with van der Waals surface area (Å²) in [7, 11) is 1.55. The molecule has 0 fully saturated rings. The van der Waals surface area contributed by atoms with E-state index in [0.717, 1.165) is 5.56 Å². The third-order valence-electron chi connectivity index (χ3n) is 2.42. The van der Waals surface area contributed by atoms with Gasteiger partial charge in [0.15, 0.2) is 0 Å². The van der Waals surface area contributed by atoms with Crippen molar-refractivity contribution in [3.63, 3.8) is 0 Å². The summed E-state index contributed by atoms with van der Waals surface area (Å²) < 4.78 is 5.05. The second-order valence-corrected chi connectivity index (χ2v) is 3.71. The van der Waals surface area contributed by atoms with Crippen molar-refractivity contribution in [3.8, 4) is 5.75 Å². The molecule has 0 aliphatic heterocycles. The highest BCUT2D eigenvalue weighted by molar-refractivity contribution is 5.95. The van der Waals surface area contributed by atoms with Crippen molar-refractivity contribution in [2.45, 2.75) is 0 Å². The van der Waals surface area contributed by atoms with E-state index < -0.39 is 0 Å². The van der Waals surface area contributed by atoms with Crippen LogP contribution in [0.3, 0.4) is 0 Å². The summed E-state index contributed by atoms with van der Waals surface area (Å²) in [6.07, 6.45) is 4.87. The van der Waals surface area contributed by atoms with Crippen LogP contribution in [-0.2, 0) is 0 Å². The molecule has 0 aliphatic carbocycles. The number of hydrogen-bond acceptors (Lipinski definition) is 4. The number of benzene rings is 1. The fourth-order valence-corrected chi connectivity index (χ4v) is 1.44. The molecule has 0 radical (unpaired) electrons.